The Bertz CT molecular complexity index is 719. The SMILES string of the molecule is NC(=O)c1cccc2nc(-c3cccnc3)oc12. The standard InChI is InChI=1S/C13H9N3O2/c14-12(17)9-4-1-5-10-11(9)18-13(16-10)8-3-2-6-15-7-8/h1-7H,(H2,14,17). The molecular weight excluding hydrogens is 230 g/mol. The Balaban J connectivity index is 2.23. The molecule has 1 amide bonds. The van der Waals surface area contributed by atoms with E-state index in [2.05, 4.69) is 9.97 Å². The van der Waals surface area contributed by atoms with Crippen LogP contribution < -0.4 is 5.73 Å². The van der Waals surface area contributed by atoms with Crippen LogP contribution in [0.2, 0.25) is 0 Å². The molecule has 0 saturated heterocycles. The molecule has 0 aliphatic carbocycles. The lowest BCUT2D eigenvalue weighted by Crippen LogP contribution is -2.10. The van der Waals surface area contributed by atoms with E-state index < -0.39 is 5.91 Å². The highest BCUT2D eigenvalue weighted by atomic mass is 16.3. The number of pyridine rings is 1. The minimum absolute atomic E-state index is 0.329. The van der Waals surface area contributed by atoms with E-state index in [1.165, 1.54) is 0 Å². The molecule has 5 nitrogen and oxygen atoms in total. The Morgan fingerprint density at radius 2 is 2.11 bits per heavy atom. The summed E-state index contributed by atoms with van der Waals surface area (Å²) in [5.41, 5.74) is 7.38. The highest BCUT2D eigenvalue weighted by Gasteiger charge is 2.14. The largest absolute Gasteiger partial charge is 0.435 e. The molecule has 0 unspecified atom stereocenters. The van der Waals surface area contributed by atoms with Gasteiger partial charge in [-0.15, -0.1) is 0 Å². The van der Waals surface area contributed by atoms with Crippen LogP contribution in [0.4, 0.5) is 0 Å². The van der Waals surface area contributed by atoms with Gasteiger partial charge in [0.25, 0.3) is 5.91 Å². The first-order valence-electron chi connectivity index (χ1n) is 5.35. The van der Waals surface area contributed by atoms with E-state index in [4.69, 9.17) is 10.2 Å². The van der Waals surface area contributed by atoms with E-state index in [-0.39, 0.29) is 0 Å². The number of oxazole rings is 1. The summed E-state index contributed by atoms with van der Waals surface area (Å²) in [6.45, 7) is 0. The summed E-state index contributed by atoms with van der Waals surface area (Å²) in [7, 11) is 0. The van der Waals surface area contributed by atoms with Crippen molar-refractivity contribution in [2.45, 2.75) is 0 Å². The van der Waals surface area contributed by atoms with Gasteiger partial charge in [0.15, 0.2) is 5.58 Å². The lowest BCUT2D eigenvalue weighted by molar-refractivity contribution is 0.100. The van der Waals surface area contributed by atoms with Gasteiger partial charge in [0.2, 0.25) is 5.89 Å². The van der Waals surface area contributed by atoms with Gasteiger partial charge >= 0.3 is 0 Å². The molecule has 0 fully saturated rings. The van der Waals surface area contributed by atoms with E-state index in [1.807, 2.05) is 6.07 Å². The second-order valence-electron chi connectivity index (χ2n) is 3.78. The Morgan fingerprint density at radius 1 is 1.22 bits per heavy atom. The van der Waals surface area contributed by atoms with Crippen LogP contribution >= 0.6 is 0 Å². The number of nitrogens with two attached hydrogens (primary N) is 1. The third-order valence-electron chi connectivity index (χ3n) is 2.59. The number of aromatic nitrogens is 2. The van der Waals surface area contributed by atoms with Gasteiger partial charge in [0, 0.05) is 12.4 Å². The van der Waals surface area contributed by atoms with Crippen molar-refractivity contribution in [2.75, 3.05) is 0 Å². The van der Waals surface area contributed by atoms with Crippen LogP contribution in [0.1, 0.15) is 10.4 Å². The zero-order chi connectivity index (χ0) is 12.5. The van der Waals surface area contributed by atoms with Gasteiger partial charge in [0.05, 0.1) is 11.1 Å². The summed E-state index contributed by atoms with van der Waals surface area (Å²) < 4.78 is 5.59. The van der Waals surface area contributed by atoms with Gasteiger partial charge in [-0.05, 0) is 24.3 Å². The second-order valence-corrected chi connectivity index (χ2v) is 3.78. The zero-order valence-corrected chi connectivity index (χ0v) is 9.33. The summed E-state index contributed by atoms with van der Waals surface area (Å²) in [6.07, 6.45) is 3.32. The van der Waals surface area contributed by atoms with E-state index in [0.29, 0.717) is 22.6 Å². The van der Waals surface area contributed by atoms with Crippen LogP contribution in [0, 0.1) is 0 Å². The van der Waals surface area contributed by atoms with Crippen molar-refractivity contribution in [3.05, 3.63) is 48.3 Å². The monoisotopic (exact) mass is 239 g/mol. The first-order valence-corrected chi connectivity index (χ1v) is 5.35. The lowest BCUT2D eigenvalue weighted by Gasteiger charge is -1.94. The molecule has 5 heteroatoms. The Morgan fingerprint density at radius 3 is 2.83 bits per heavy atom. The normalized spacial score (nSPS) is 10.7. The van der Waals surface area contributed by atoms with E-state index in [9.17, 15) is 4.79 Å². The average Bonchev–Trinajstić information content (AvgIpc) is 2.83. The highest BCUT2D eigenvalue weighted by Crippen LogP contribution is 2.25. The molecule has 2 N–H and O–H groups in total. The predicted octanol–water partition coefficient (Wildman–Crippen LogP) is 1.99. The summed E-state index contributed by atoms with van der Waals surface area (Å²) in [6, 6.07) is 8.73. The number of fused-ring (bicyclic) bond motifs is 1. The fourth-order valence-corrected chi connectivity index (χ4v) is 1.76. The molecule has 3 aromatic rings. The van der Waals surface area contributed by atoms with Gasteiger partial charge in [-0.1, -0.05) is 6.07 Å². The van der Waals surface area contributed by atoms with Crippen molar-refractivity contribution in [3.8, 4) is 11.5 Å². The molecule has 1 aromatic carbocycles. The maximum absolute atomic E-state index is 11.3. The van der Waals surface area contributed by atoms with Crippen LogP contribution in [0.15, 0.2) is 47.1 Å². The van der Waals surface area contributed by atoms with Gasteiger partial charge in [0.1, 0.15) is 5.52 Å². The number of primary amides is 1. The van der Waals surface area contributed by atoms with Crippen LogP contribution in [-0.4, -0.2) is 15.9 Å². The quantitative estimate of drug-likeness (QED) is 0.741. The second kappa shape index (κ2) is 3.96. The molecule has 88 valence electrons. The number of para-hydroxylation sites is 1. The van der Waals surface area contributed by atoms with Crippen molar-refractivity contribution in [1.82, 2.24) is 9.97 Å². The predicted molar refractivity (Wildman–Crippen MR) is 65.8 cm³/mol. The first kappa shape index (κ1) is 10.5. The molecule has 0 bridgehead atoms. The van der Waals surface area contributed by atoms with Crippen molar-refractivity contribution in [2.24, 2.45) is 5.73 Å². The smallest absolute Gasteiger partial charge is 0.252 e. The molecule has 0 atom stereocenters. The molecule has 18 heavy (non-hydrogen) atoms. The van der Waals surface area contributed by atoms with Crippen molar-refractivity contribution in [1.29, 1.82) is 0 Å². The average molecular weight is 239 g/mol. The van der Waals surface area contributed by atoms with Crippen molar-refractivity contribution < 1.29 is 9.21 Å². The number of nitrogens with zero attached hydrogens (tertiary/aromatic N) is 2. The highest BCUT2D eigenvalue weighted by molar-refractivity contribution is 6.03. The van der Waals surface area contributed by atoms with Gasteiger partial charge in [-0.25, -0.2) is 4.98 Å². The zero-order valence-electron chi connectivity index (χ0n) is 9.33. The summed E-state index contributed by atoms with van der Waals surface area (Å²) in [4.78, 5) is 19.6. The molecule has 3 rings (SSSR count). The minimum Gasteiger partial charge on any atom is -0.435 e. The fraction of sp³-hybridized carbons (Fsp3) is 0. The van der Waals surface area contributed by atoms with Gasteiger partial charge < -0.3 is 10.2 Å². The molecule has 0 aliphatic heterocycles. The molecule has 0 aliphatic rings. The lowest BCUT2D eigenvalue weighted by atomic mass is 10.2. The Hall–Kier alpha value is -2.69. The number of carbonyl (C=O) groups is 1. The third-order valence-corrected chi connectivity index (χ3v) is 2.59. The molecule has 0 radical (unpaired) electrons. The molecule has 0 spiro atoms. The topological polar surface area (TPSA) is 82.0 Å². The van der Waals surface area contributed by atoms with Crippen LogP contribution in [0.25, 0.3) is 22.6 Å². The number of carbonyl (C=O) groups excluding carboxylic acids is 1. The number of rotatable bonds is 2. The molecule has 2 aromatic heterocycles. The number of hydrogen-bond donors (Lipinski definition) is 1. The first-order chi connectivity index (χ1) is 8.75. The Labute approximate surface area is 102 Å². The fourth-order valence-electron chi connectivity index (χ4n) is 1.76. The maximum Gasteiger partial charge on any atom is 0.252 e. The minimum atomic E-state index is -0.533. The van der Waals surface area contributed by atoms with Gasteiger partial charge in [-0.2, -0.15) is 0 Å². The summed E-state index contributed by atoms with van der Waals surface area (Å²) >= 11 is 0. The molecular formula is C13H9N3O2. The maximum atomic E-state index is 11.3. The van der Waals surface area contributed by atoms with Crippen LogP contribution in [0.3, 0.4) is 0 Å². The van der Waals surface area contributed by atoms with Crippen molar-refractivity contribution >= 4 is 17.0 Å². The van der Waals surface area contributed by atoms with Gasteiger partial charge in [-0.3, -0.25) is 9.78 Å². The number of amides is 1. The summed E-state index contributed by atoms with van der Waals surface area (Å²) in [5, 5.41) is 0. The van der Waals surface area contributed by atoms with Crippen LogP contribution in [0.5, 0.6) is 0 Å². The van der Waals surface area contributed by atoms with E-state index in [0.717, 1.165) is 5.56 Å². The third kappa shape index (κ3) is 1.62. The molecule has 2 heterocycles. The van der Waals surface area contributed by atoms with E-state index in [1.54, 1.807) is 36.7 Å². The summed E-state index contributed by atoms with van der Waals surface area (Å²) in [5.74, 6) is -0.110. The van der Waals surface area contributed by atoms with E-state index >= 15 is 0 Å². The Kier molecular flexibility index (Phi) is 2.30. The van der Waals surface area contributed by atoms with Crippen LogP contribution in [-0.2, 0) is 0 Å². The van der Waals surface area contributed by atoms with Crippen molar-refractivity contribution in [3.63, 3.8) is 0 Å². The molecule has 0 saturated carbocycles. The number of benzene rings is 1. The number of hydrogen-bond acceptors (Lipinski definition) is 4.